The van der Waals surface area contributed by atoms with Gasteiger partial charge in [0.2, 0.25) is 5.91 Å². The third-order valence-corrected chi connectivity index (χ3v) is 4.61. The number of rotatable bonds is 5. The van der Waals surface area contributed by atoms with Gasteiger partial charge in [-0.25, -0.2) is 4.98 Å². The molecule has 134 valence electrons. The summed E-state index contributed by atoms with van der Waals surface area (Å²) >= 11 is 4.47. The van der Waals surface area contributed by atoms with Gasteiger partial charge in [-0.15, -0.1) is 11.3 Å². The van der Waals surface area contributed by atoms with Crippen LogP contribution >= 0.6 is 27.3 Å². The number of aromatic hydroxyl groups is 1. The maximum atomic E-state index is 12.3. The van der Waals surface area contributed by atoms with Crippen molar-refractivity contribution in [3.8, 4) is 17.2 Å². The number of amides is 2. The third kappa shape index (κ3) is 4.30. The van der Waals surface area contributed by atoms with E-state index in [-0.39, 0.29) is 17.2 Å². The largest absolute Gasteiger partial charge is 0.507 e. The average molecular weight is 436 g/mol. The second kappa shape index (κ2) is 7.71. The molecule has 1 aromatic carbocycles. The fraction of sp³-hybridized carbons (Fsp3) is 0.118. The summed E-state index contributed by atoms with van der Waals surface area (Å²) in [6.07, 6.45) is 0. The zero-order valence-electron chi connectivity index (χ0n) is 13.6. The molecule has 0 saturated carbocycles. The first kappa shape index (κ1) is 18.2. The Hall–Kier alpha value is -2.65. The lowest BCUT2D eigenvalue weighted by molar-refractivity contribution is -0.119. The van der Waals surface area contributed by atoms with Crippen molar-refractivity contribution >= 4 is 44.2 Å². The topological polar surface area (TPSA) is 104 Å². The van der Waals surface area contributed by atoms with Crippen molar-refractivity contribution in [2.75, 3.05) is 5.32 Å². The standard InChI is InChI=1S/C17H14BrN3O4S/c1-9(22)19-7-11-3-5-15(25-11)13-8-26-17(20-13)21-16(24)12-4-2-10(18)6-14(12)23/h2-6,8,23H,7H2,1H3,(H,19,22)(H,20,21,24). The number of hydrogen-bond acceptors (Lipinski definition) is 6. The molecular formula is C17H14BrN3O4S. The van der Waals surface area contributed by atoms with Crippen LogP contribution in [0.2, 0.25) is 0 Å². The van der Waals surface area contributed by atoms with Gasteiger partial charge in [-0.2, -0.15) is 0 Å². The van der Waals surface area contributed by atoms with Gasteiger partial charge in [0.15, 0.2) is 10.9 Å². The van der Waals surface area contributed by atoms with Gasteiger partial charge in [-0.3, -0.25) is 14.9 Å². The summed E-state index contributed by atoms with van der Waals surface area (Å²) in [7, 11) is 0. The highest BCUT2D eigenvalue weighted by Gasteiger charge is 2.15. The van der Waals surface area contributed by atoms with Gasteiger partial charge in [0, 0.05) is 16.8 Å². The maximum Gasteiger partial charge on any atom is 0.261 e. The van der Waals surface area contributed by atoms with Crippen molar-refractivity contribution in [3.63, 3.8) is 0 Å². The summed E-state index contributed by atoms with van der Waals surface area (Å²) in [4.78, 5) is 27.5. The Morgan fingerprint density at radius 1 is 1.31 bits per heavy atom. The third-order valence-electron chi connectivity index (χ3n) is 3.35. The van der Waals surface area contributed by atoms with Crippen molar-refractivity contribution in [1.82, 2.24) is 10.3 Å². The lowest BCUT2D eigenvalue weighted by Gasteiger charge is -2.04. The molecule has 2 aromatic heterocycles. The van der Waals surface area contributed by atoms with E-state index in [1.54, 1.807) is 23.6 Å². The number of carbonyl (C=O) groups excluding carboxylic acids is 2. The zero-order valence-corrected chi connectivity index (χ0v) is 16.0. The SMILES string of the molecule is CC(=O)NCc1ccc(-c2csc(NC(=O)c3ccc(Br)cc3O)n2)o1. The number of nitrogens with zero attached hydrogens (tertiary/aromatic N) is 1. The molecule has 2 amide bonds. The highest BCUT2D eigenvalue weighted by molar-refractivity contribution is 9.10. The molecule has 9 heteroatoms. The van der Waals surface area contributed by atoms with Crippen molar-refractivity contribution in [2.24, 2.45) is 0 Å². The summed E-state index contributed by atoms with van der Waals surface area (Å²) in [6, 6.07) is 8.13. The van der Waals surface area contributed by atoms with Crippen LogP contribution in [-0.2, 0) is 11.3 Å². The van der Waals surface area contributed by atoms with Crippen molar-refractivity contribution < 1.29 is 19.1 Å². The van der Waals surface area contributed by atoms with Crippen LogP contribution < -0.4 is 10.6 Å². The molecule has 0 atom stereocenters. The van der Waals surface area contributed by atoms with Gasteiger partial charge < -0.3 is 14.8 Å². The van der Waals surface area contributed by atoms with E-state index in [0.717, 1.165) is 0 Å². The molecule has 0 unspecified atom stereocenters. The number of nitrogens with one attached hydrogen (secondary N) is 2. The predicted molar refractivity (Wildman–Crippen MR) is 101 cm³/mol. The smallest absolute Gasteiger partial charge is 0.261 e. The number of thiazole rings is 1. The lowest BCUT2D eigenvalue weighted by Crippen LogP contribution is -2.18. The molecule has 26 heavy (non-hydrogen) atoms. The number of aromatic nitrogens is 1. The lowest BCUT2D eigenvalue weighted by atomic mass is 10.2. The molecule has 7 nitrogen and oxygen atoms in total. The number of phenols is 1. The van der Waals surface area contributed by atoms with Crippen molar-refractivity contribution in [1.29, 1.82) is 0 Å². The summed E-state index contributed by atoms with van der Waals surface area (Å²) in [5, 5.41) is 17.3. The van der Waals surface area contributed by atoms with E-state index in [4.69, 9.17) is 4.42 Å². The fourth-order valence-corrected chi connectivity index (χ4v) is 3.17. The maximum absolute atomic E-state index is 12.3. The van der Waals surface area contributed by atoms with Gasteiger partial charge >= 0.3 is 0 Å². The van der Waals surface area contributed by atoms with Crippen molar-refractivity contribution in [3.05, 3.63) is 51.5 Å². The van der Waals surface area contributed by atoms with Crippen LogP contribution in [0.1, 0.15) is 23.0 Å². The predicted octanol–water partition coefficient (Wildman–Crippen LogP) is 3.76. The van der Waals surface area contributed by atoms with Gasteiger partial charge in [-0.05, 0) is 30.3 Å². The van der Waals surface area contributed by atoms with Gasteiger partial charge in [0.1, 0.15) is 17.2 Å². The molecule has 0 saturated heterocycles. The first-order valence-corrected chi connectivity index (χ1v) is 9.18. The monoisotopic (exact) mass is 435 g/mol. The van der Waals surface area contributed by atoms with E-state index >= 15 is 0 Å². The van der Waals surface area contributed by atoms with Crippen molar-refractivity contribution in [2.45, 2.75) is 13.5 Å². The number of benzene rings is 1. The van der Waals surface area contributed by atoms with E-state index in [2.05, 4.69) is 31.5 Å². The number of furan rings is 1. The summed E-state index contributed by atoms with van der Waals surface area (Å²) < 4.78 is 6.30. The second-order valence-corrected chi connectivity index (χ2v) is 7.10. The molecule has 3 N–H and O–H groups in total. The number of anilines is 1. The molecule has 3 aromatic rings. The normalized spacial score (nSPS) is 10.5. The molecule has 0 aliphatic rings. The Kier molecular flexibility index (Phi) is 5.38. The molecule has 0 radical (unpaired) electrons. The van der Waals surface area contributed by atoms with E-state index < -0.39 is 5.91 Å². The highest BCUT2D eigenvalue weighted by Crippen LogP contribution is 2.28. The zero-order chi connectivity index (χ0) is 18.7. The van der Waals surface area contributed by atoms with Crippen LogP contribution in [0.5, 0.6) is 5.75 Å². The summed E-state index contributed by atoms with van der Waals surface area (Å²) in [5.41, 5.74) is 0.722. The van der Waals surface area contributed by atoms with E-state index in [9.17, 15) is 14.7 Å². The molecule has 0 aliphatic heterocycles. The van der Waals surface area contributed by atoms with E-state index in [1.165, 1.54) is 30.4 Å². The molecule has 3 rings (SSSR count). The van der Waals surface area contributed by atoms with Crippen LogP contribution in [0.4, 0.5) is 5.13 Å². The number of phenolic OH excluding ortho intramolecular Hbond substituents is 1. The number of halogens is 1. The van der Waals surface area contributed by atoms with Crippen LogP contribution in [0.25, 0.3) is 11.5 Å². The average Bonchev–Trinajstić information content (AvgIpc) is 3.21. The quantitative estimate of drug-likeness (QED) is 0.565. The Balaban J connectivity index is 1.70. The van der Waals surface area contributed by atoms with E-state index in [1.807, 2.05) is 0 Å². The summed E-state index contributed by atoms with van der Waals surface area (Å²) in [6.45, 7) is 1.73. The molecule has 0 fully saturated rings. The fourth-order valence-electron chi connectivity index (χ4n) is 2.13. The molecule has 0 aliphatic carbocycles. The Morgan fingerprint density at radius 3 is 2.85 bits per heavy atom. The minimum absolute atomic E-state index is 0.123. The molecule has 0 spiro atoms. The second-order valence-electron chi connectivity index (χ2n) is 5.33. The number of hydrogen-bond donors (Lipinski definition) is 3. The Morgan fingerprint density at radius 2 is 2.12 bits per heavy atom. The van der Waals surface area contributed by atoms with E-state index in [0.29, 0.717) is 33.4 Å². The molecule has 0 bridgehead atoms. The Labute approximate surface area is 161 Å². The first-order chi connectivity index (χ1) is 12.4. The van der Waals surface area contributed by atoms with Gasteiger partial charge in [0.25, 0.3) is 5.91 Å². The minimum Gasteiger partial charge on any atom is -0.507 e. The van der Waals surface area contributed by atoms with Gasteiger partial charge in [0.05, 0.1) is 12.1 Å². The van der Waals surface area contributed by atoms with Crippen LogP contribution in [-0.4, -0.2) is 21.9 Å². The first-order valence-electron chi connectivity index (χ1n) is 7.51. The van der Waals surface area contributed by atoms with Crippen LogP contribution in [0, 0.1) is 0 Å². The highest BCUT2D eigenvalue weighted by atomic mass is 79.9. The van der Waals surface area contributed by atoms with Gasteiger partial charge in [-0.1, -0.05) is 15.9 Å². The molecular weight excluding hydrogens is 422 g/mol. The number of carbonyl (C=O) groups is 2. The van der Waals surface area contributed by atoms with Crippen LogP contribution in [0.3, 0.4) is 0 Å². The minimum atomic E-state index is -0.457. The molecule has 2 heterocycles. The Bertz CT molecular complexity index is 967. The van der Waals surface area contributed by atoms with Crippen LogP contribution in [0.15, 0.2) is 44.6 Å². The summed E-state index contributed by atoms with van der Waals surface area (Å²) in [5.74, 6) is 0.420.